The molecule has 1 aromatic heterocycles. The first-order valence-corrected chi connectivity index (χ1v) is 14.2. The highest BCUT2D eigenvalue weighted by Gasteiger charge is 2.71. The third-order valence-electron chi connectivity index (χ3n) is 7.96. The van der Waals surface area contributed by atoms with Crippen LogP contribution < -0.4 is 16.1 Å². The second-order valence-electron chi connectivity index (χ2n) is 9.95. The van der Waals surface area contributed by atoms with E-state index in [1.54, 1.807) is 49.4 Å². The van der Waals surface area contributed by atoms with E-state index < -0.39 is 54.7 Å². The van der Waals surface area contributed by atoms with Crippen molar-refractivity contribution in [2.45, 2.75) is 41.6 Å². The van der Waals surface area contributed by atoms with Gasteiger partial charge in [0.15, 0.2) is 23.1 Å². The first-order chi connectivity index (χ1) is 19.5. The van der Waals surface area contributed by atoms with Crippen LogP contribution in [0.2, 0.25) is 0 Å². The second-order valence-corrected chi connectivity index (χ2v) is 11.9. The van der Waals surface area contributed by atoms with Crippen molar-refractivity contribution in [3.63, 3.8) is 0 Å². The maximum absolute atomic E-state index is 13.9. The van der Waals surface area contributed by atoms with Crippen molar-refractivity contribution in [2.75, 3.05) is 6.61 Å². The van der Waals surface area contributed by atoms with Crippen molar-refractivity contribution in [3.05, 3.63) is 96.8 Å². The summed E-state index contributed by atoms with van der Waals surface area (Å²) in [5.41, 5.74) is -0.410. The Bertz CT molecular complexity index is 1820. The summed E-state index contributed by atoms with van der Waals surface area (Å²) in [6, 6.07) is 12.0. The lowest BCUT2D eigenvalue weighted by Crippen LogP contribution is -2.67. The van der Waals surface area contributed by atoms with E-state index in [4.69, 9.17) is 51.1 Å². The Balaban J connectivity index is 1.65. The van der Waals surface area contributed by atoms with Crippen LogP contribution in [0.15, 0.2) is 79.8 Å². The van der Waals surface area contributed by atoms with E-state index >= 15 is 0 Å². The van der Waals surface area contributed by atoms with Gasteiger partial charge in [0.1, 0.15) is 19.8 Å². The van der Waals surface area contributed by atoms with Crippen LogP contribution in [0.4, 0.5) is 0 Å². The van der Waals surface area contributed by atoms with Crippen molar-refractivity contribution < 1.29 is 19.4 Å². The lowest BCUT2D eigenvalue weighted by atomic mass is 9.59. The first kappa shape index (κ1) is 27.9. The van der Waals surface area contributed by atoms with E-state index in [0.717, 1.165) is 4.57 Å². The van der Waals surface area contributed by atoms with E-state index in [0.29, 0.717) is 11.3 Å². The normalized spacial score (nSPS) is 27.2. The van der Waals surface area contributed by atoms with Gasteiger partial charge in [-0.05, 0) is 30.7 Å². The number of carbonyl (C=O) groups is 2. The molecule has 0 amide bonds. The number of aromatic nitrogens is 3. The van der Waals surface area contributed by atoms with E-state index in [1.165, 1.54) is 21.5 Å². The molecule has 0 spiro atoms. The summed E-state index contributed by atoms with van der Waals surface area (Å²) >= 11 is 26.8. The number of hydrogen-bond donors (Lipinski definition) is 1. The fourth-order valence-electron chi connectivity index (χ4n) is 6.16. The van der Waals surface area contributed by atoms with Crippen molar-refractivity contribution >= 4 is 58.0 Å². The van der Waals surface area contributed by atoms with Gasteiger partial charge in [0.2, 0.25) is 0 Å². The van der Waals surface area contributed by atoms with E-state index in [9.17, 15) is 24.3 Å². The van der Waals surface area contributed by atoms with Crippen LogP contribution in [-0.2, 0) is 16.1 Å². The molecule has 2 aliphatic carbocycles. The molecule has 1 aliphatic heterocycles. The number of para-hydroxylation sites is 2. The number of fused-ring (bicyclic) bond motifs is 4. The zero-order valence-electron chi connectivity index (χ0n) is 21.3. The summed E-state index contributed by atoms with van der Waals surface area (Å²) in [5.74, 6) is -3.29. The fourth-order valence-corrected chi connectivity index (χ4v) is 7.67. The molecule has 13 heteroatoms. The van der Waals surface area contributed by atoms with Gasteiger partial charge >= 0.3 is 11.4 Å². The number of allylic oxidation sites excluding steroid dienone is 4. The van der Waals surface area contributed by atoms with Gasteiger partial charge in [-0.15, -0.1) is 23.2 Å². The Labute approximate surface area is 252 Å². The molecule has 0 saturated heterocycles. The number of phenolic OH excluding ortho intramolecular Hbond substituents is 1. The van der Waals surface area contributed by atoms with Gasteiger partial charge in [0.05, 0.1) is 24.9 Å². The molecular formula is C28H21Cl4N3O6. The molecule has 4 unspecified atom stereocenters. The lowest BCUT2D eigenvalue weighted by molar-refractivity contribution is -0.128. The molecular weight excluding hydrogens is 616 g/mol. The van der Waals surface area contributed by atoms with E-state index in [2.05, 4.69) is 0 Å². The van der Waals surface area contributed by atoms with Crippen LogP contribution in [-0.4, -0.2) is 47.0 Å². The molecule has 0 radical (unpaired) electrons. The molecule has 3 aliphatic rings. The zero-order valence-corrected chi connectivity index (χ0v) is 24.3. The summed E-state index contributed by atoms with van der Waals surface area (Å²) in [6.45, 7) is 1.91. The van der Waals surface area contributed by atoms with E-state index in [-0.39, 0.29) is 36.6 Å². The summed E-state index contributed by atoms with van der Waals surface area (Å²) in [6.07, 6.45) is 1.29. The number of phenols is 1. The van der Waals surface area contributed by atoms with Gasteiger partial charge in [-0.2, -0.15) is 0 Å². The number of Topliss-reactive ketones (excluding diaryl/α,β-unsaturated/α-hetero) is 2. The predicted molar refractivity (Wildman–Crippen MR) is 154 cm³/mol. The second kappa shape index (κ2) is 9.66. The van der Waals surface area contributed by atoms with Crippen molar-refractivity contribution in [2.24, 2.45) is 0 Å². The summed E-state index contributed by atoms with van der Waals surface area (Å²) in [7, 11) is 0. The molecule has 1 fully saturated rings. The molecule has 1 saturated carbocycles. The molecule has 2 aromatic carbocycles. The van der Waals surface area contributed by atoms with Gasteiger partial charge in [-0.3, -0.25) is 9.59 Å². The van der Waals surface area contributed by atoms with Crippen LogP contribution in [0.3, 0.4) is 0 Å². The topological polar surface area (TPSA) is 113 Å². The van der Waals surface area contributed by atoms with Gasteiger partial charge in [0, 0.05) is 17.9 Å². The van der Waals surface area contributed by atoms with Crippen LogP contribution >= 0.6 is 46.4 Å². The minimum Gasteiger partial charge on any atom is -0.504 e. The summed E-state index contributed by atoms with van der Waals surface area (Å²) in [4.78, 5) is 50.5. The molecule has 41 heavy (non-hydrogen) atoms. The van der Waals surface area contributed by atoms with E-state index in [1.807, 2.05) is 0 Å². The molecule has 6 rings (SSSR count). The number of rotatable bonds is 4. The molecule has 0 bridgehead atoms. The summed E-state index contributed by atoms with van der Waals surface area (Å²) < 4.78 is 9.03. The number of hydrogen-bond acceptors (Lipinski definition) is 6. The maximum atomic E-state index is 13.9. The number of ketones is 2. The lowest BCUT2D eigenvalue weighted by Gasteiger charge is -2.54. The highest BCUT2D eigenvalue weighted by atomic mass is 35.5. The van der Waals surface area contributed by atoms with Gasteiger partial charge in [-0.1, -0.05) is 59.6 Å². The Morgan fingerprint density at radius 2 is 1.63 bits per heavy atom. The standard InChI is InChI=1S/C28H21Cl4N3O6/c1-2-41-18-10-6-9-16(22(18)36)19-15-11-12-33-25(39)34(14-7-4-3-5-8-14)26(40)35(33)17(15)13-27(31)23(37)20(29)21(30)24(38)28(19,27)32/h3-11,17,19,36H,2,12-13H2,1H3. The van der Waals surface area contributed by atoms with Crippen LogP contribution in [0, 0.1) is 0 Å². The number of alkyl halides is 2. The third kappa shape index (κ3) is 3.62. The van der Waals surface area contributed by atoms with Gasteiger partial charge in [-0.25, -0.2) is 23.5 Å². The molecule has 4 atom stereocenters. The molecule has 2 heterocycles. The van der Waals surface area contributed by atoms with Crippen LogP contribution in [0.25, 0.3) is 5.69 Å². The number of benzene rings is 2. The number of carbonyl (C=O) groups excluding carboxylic acids is 2. The van der Waals surface area contributed by atoms with Crippen molar-refractivity contribution in [1.82, 2.24) is 13.9 Å². The number of halogens is 4. The minimum atomic E-state index is -2.25. The number of ether oxygens (including phenoxy) is 1. The predicted octanol–water partition coefficient (Wildman–Crippen LogP) is 4.37. The largest absolute Gasteiger partial charge is 0.504 e. The van der Waals surface area contributed by atoms with Crippen molar-refractivity contribution in [3.8, 4) is 17.2 Å². The zero-order chi connectivity index (χ0) is 29.4. The molecule has 212 valence electrons. The Morgan fingerprint density at radius 3 is 2.32 bits per heavy atom. The SMILES string of the molecule is CCOc1cccc(C2C3=CCn4c(=O)n(-c5ccccc5)c(=O)n4C3CC3(Cl)C(=O)C(Cl)=C(Cl)C(=O)C23Cl)c1O. The van der Waals surface area contributed by atoms with Crippen molar-refractivity contribution in [1.29, 1.82) is 0 Å². The number of nitrogens with zero attached hydrogens (tertiary/aromatic N) is 3. The number of aromatic hydroxyl groups is 1. The van der Waals surface area contributed by atoms with Gasteiger partial charge < -0.3 is 9.84 Å². The highest BCUT2D eigenvalue weighted by Crippen LogP contribution is 2.64. The molecule has 9 nitrogen and oxygen atoms in total. The highest BCUT2D eigenvalue weighted by molar-refractivity contribution is 6.66. The van der Waals surface area contributed by atoms with Crippen LogP contribution in [0.1, 0.15) is 30.9 Å². The van der Waals surface area contributed by atoms with Crippen LogP contribution in [0.5, 0.6) is 11.5 Å². The maximum Gasteiger partial charge on any atom is 0.352 e. The monoisotopic (exact) mass is 635 g/mol. The minimum absolute atomic E-state index is 0.0587. The Morgan fingerprint density at radius 1 is 0.951 bits per heavy atom. The Hall–Kier alpha value is -3.24. The third-order valence-corrected chi connectivity index (χ3v) is 10.2. The molecule has 3 aromatic rings. The molecule has 1 N–H and O–H groups in total. The fraction of sp³-hybridized carbons (Fsp3) is 0.286. The van der Waals surface area contributed by atoms with Gasteiger partial charge in [0.25, 0.3) is 0 Å². The average molecular weight is 637 g/mol. The smallest absolute Gasteiger partial charge is 0.352 e. The average Bonchev–Trinajstić information content (AvgIpc) is 3.23. The quantitative estimate of drug-likeness (QED) is 0.336. The Kier molecular flexibility index (Phi) is 6.57. The first-order valence-electron chi connectivity index (χ1n) is 12.7. The summed E-state index contributed by atoms with van der Waals surface area (Å²) in [5, 5.41) is 10.2.